The summed E-state index contributed by atoms with van der Waals surface area (Å²) in [6.07, 6.45) is 0.206. The Labute approximate surface area is 114 Å². The van der Waals surface area contributed by atoms with Gasteiger partial charge in [-0.2, -0.15) is 0 Å². The predicted molar refractivity (Wildman–Crippen MR) is 68.9 cm³/mol. The summed E-state index contributed by atoms with van der Waals surface area (Å²) in [7, 11) is 0. The summed E-state index contributed by atoms with van der Waals surface area (Å²) >= 11 is 0. The Morgan fingerprint density at radius 2 is 2.20 bits per heavy atom. The zero-order valence-corrected chi connectivity index (χ0v) is 10.6. The molecule has 4 N–H and O–H groups in total. The minimum absolute atomic E-state index is 0.190. The summed E-state index contributed by atoms with van der Waals surface area (Å²) in [5.74, 6) is -2.67. The number of carboxylic acids is 1. The number of amides is 1. The van der Waals surface area contributed by atoms with Crippen molar-refractivity contribution >= 4 is 17.6 Å². The number of ether oxygens (including phenoxy) is 1. The number of benzene rings is 1. The lowest BCUT2D eigenvalue weighted by Crippen LogP contribution is -2.30. The standard InChI is InChI=1S/C13H15FN2O4/c14-9-3-1-2-8(13(18)19)11(9)16-12(17)10-5-4-7(6-15)20-10/h1-3,7,10H,4-6,15H2,(H,16,17)(H,18,19). The van der Waals surface area contributed by atoms with E-state index >= 15 is 0 Å². The summed E-state index contributed by atoms with van der Waals surface area (Å²) in [4.78, 5) is 23.0. The lowest BCUT2D eigenvalue weighted by Gasteiger charge is -2.14. The number of carboxylic acid groups (broad SMARTS) is 1. The van der Waals surface area contributed by atoms with Crippen molar-refractivity contribution < 1.29 is 23.8 Å². The average molecular weight is 282 g/mol. The Bertz CT molecular complexity index is 535. The number of anilines is 1. The van der Waals surface area contributed by atoms with Crippen molar-refractivity contribution in [1.29, 1.82) is 0 Å². The number of hydrogen-bond acceptors (Lipinski definition) is 4. The number of rotatable bonds is 4. The van der Waals surface area contributed by atoms with E-state index in [1.54, 1.807) is 0 Å². The molecule has 2 unspecified atom stereocenters. The number of carbonyl (C=O) groups excluding carboxylic acids is 1. The molecular weight excluding hydrogens is 267 g/mol. The Kier molecular flexibility index (Phi) is 4.31. The number of aromatic carboxylic acids is 1. The Hall–Kier alpha value is -1.99. The van der Waals surface area contributed by atoms with Crippen LogP contribution in [0.3, 0.4) is 0 Å². The molecule has 1 heterocycles. The predicted octanol–water partition coefficient (Wildman–Crippen LogP) is 0.969. The Balaban J connectivity index is 2.14. The molecular formula is C13H15FN2O4. The molecule has 1 aliphatic heterocycles. The molecule has 1 fully saturated rings. The fourth-order valence-electron chi connectivity index (χ4n) is 2.11. The molecule has 1 saturated heterocycles. The lowest BCUT2D eigenvalue weighted by atomic mass is 10.1. The smallest absolute Gasteiger partial charge is 0.337 e. The second-order valence-electron chi connectivity index (χ2n) is 4.52. The van der Waals surface area contributed by atoms with E-state index in [0.717, 1.165) is 6.07 Å². The Morgan fingerprint density at radius 3 is 2.80 bits per heavy atom. The van der Waals surface area contributed by atoms with E-state index in [0.29, 0.717) is 19.4 Å². The van der Waals surface area contributed by atoms with Crippen LogP contribution >= 0.6 is 0 Å². The molecule has 0 saturated carbocycles. The Morgan fingerprint density at radius 1 is 1.45 bits per heavy atom. The highest BCUT2D eigenvalue weighted by Crippen LogP contribution is 2.24. The third kappa shape index (κ3) is 2.94. The van der Waals surface area contributed by atoms with Gasteiger partial charge in [0.1, 0.15) is 11.9 Å². The quantitative estimate of drug-likeness (QED) is 0.763. The van der Waals surface area contributed by atoms with Crippen LogP contribution in [0.1, 0.15) is 23.2 Å². The van der Waals surface area contributed by atoms with E-state index < -0.39 is 23.8 Å². The maximum absolute atomic E-state index is 13.7. The van der Waals surface area contributed by atoms with Gasteiger partial charge in [0.25, 0.3) is 5.91 Å². The number of para-hydroxylation sites is 1. The van der Waals surface area contributed by atoms with Gasteiger partial charge in [-0.15, -0.1) is 0 Å². The fourth-order valence-corrected chi connectivity index (χ4v) is 2.11. The summed E-state index contributed by atoms with van der Waals surface area (Å²) in [5.41, 5.74) is 4.80. The summed E-state index contributed by atoms with van der Waals surface area (Å²) in [6, 6.07) is 3.57. The molecule has 0 radical (unpaired) electrons. The minimum Gasteiger partial charge on any atom is -0.478 e. The van der Waals surface area contributed by atoms with Gasteiger partial charge in [0.05, 0.1) is 17.4 Å². The SMILES string of the molecule is NCC1CCC(C(=O)Nc2c(F)cccc2C(=O)O)O1. The second kappa shape index (κ2) is 5.98. The molecule has 1 aromatic carbocycles. The highest BCUT2D eigenvalue weighted by molar-refractivity contribution is 6.02. The third-order valence-corrected chi connectivity index (χ3v) is 3.16. The molecule has 6 nitrogen and oxygen atoms in total. The van der Waals surface area contributed by atoms with Crippen LogP contribution in [0.2, 0.25) is 0 Å². The molecule has 2 rings (SSSR count). The van der Waals surface area contributed by atoms with Crippen LogP contribution in [0.4, 0.5) is 10.1 Å². The van der Waals surface area contributed by atoms with Crippen molar-refractivity contribution in [3.05, 3.63) is 29.6 Å². The van der Waals surface area contributed by atoms with Crippen LogP contribution in [-0.4, -0.2) is 35.7 Å². The topological polar surface area (TPSA) is 102 Å². The molecule has 1 amide bonds. The first-order valence-electron chi connectivity index (χ1n) is 6.21. The maximum atomic E-state index is 13.7. The first-order chi connectivity index (χ1) is 9.52. The van der Waals surface area contributed by atoms with Crippen molar-refractivity contribution in [2.45, 2.75) is 25.0 Å². The van der Waals surface area contributed by atoms with Crippen molar-refractivity contribution in [2.75, 3.05) is 11.9 Å². The van der Waals surface area contributed by atoms with E-state index in [1.807, 2.05) is 0 Å². The van der Waals surface area contributed by atoms with Gasteiger partial charge in [-0.25, -0.2) is 9.18 Å². The van der Waals surface area contributed by atoms with Crippen molar-refractivity contribution in [1.82, 2.24) is 0 Å². The fraction of sp³-hybridized carbons (Fsp3) is 0.385. The number of hydrogen-bond donors (Lipinski definition) is 3. The zero-order valence-electron chi connectivity index (χ0n) is 10.6. The monoisotopic (exact) mass is 282 g/mol. The van der Waals surface area contributed by atoms with Gasteiger partial charge in [0.15, 0.2) is 0 Å². The summed E-state index contributed by atoms with van der Waals surface area (Å²) < 4.78 is 19.0. The molecule has 108 valence electrons. The molecule has 7 heteroatoms. The average Bonchev–Trinajstić information content (AvgIpc) is 2.89. The van der Waals surface area contributed by atoms with Crippen molar-refractivity contribution in [3.63, 3.8) is 0 Å². The summed E-state index contributed by atoms with van der Waals surface area (Å²) in [6.45, 7) is 0.309. The second-order valence-corrected chi connectivity index (χ2v) is 4.52. The number of nitrogens with one attached hydrogen (secondary N) is 1. The molecule has 20 heavy (non-hydrogen) atoms. The molecule has 1 aliphatic rings. The summed E-state index contributed by atoms with van der Waals surface area (Å²) in [5, 5.41) is 11.3. The van der Waals surface area contributed by atoms with Gasteiger partial charge in [-0.05, 0) is 25.0 Å². The number of carbonyl (C=O) groups is 2. The van der Waals surface area contributed by atoms with E-state index in [4.69, 9.17) is 15.6 Å². The largest absolute Gasteiger partial charge is 0.478 e. The van der Waals surface area contributed by atoms with Gasteiger partial charge in [-0.1, -0.05) is 6.07 Å². The molecule has 0 bridgehead atoms. The van der Waals surface area contributed by atoms with Crippen molar-refractivity contribution in [2.24, 2.45) is 5.73 Å². The number of halogens is 1. The molecule has 0 aromatic heterocycles. The van der Waals surface area contributed by atoms with Crippen LogP contribution in [0.15, 0.2) is 18.2 Å². The molecule has 0 aliphatic carbocycles. The molecule has 0 spiro atoms. The van der Waals surface area contributed by atoms with Gasteiger partial charge in [0, 0.05) is 6.54 Å². The normalized spacial score (nSPS) is 21.7. The van der Waals surface area contributed by atoms with Crippen LogP contribution in [0.25, 0.3) is 0 Å². The molecule has 2 atom stereocenters. The third-order valence-electron chi connectivity index (χ3n) is 3.16. The van der Waals surface area contributed by atoms with E-state index in [-0.39, 0.29) is 17.4 Å². The number of nitrogens with two attached hydrogens (primary N) is 1. The molecule has 1 aromatic rings. The van der Waals surface area contributed by atoms with Gasteiger partial charge < -0.3 is 20.9 Å². The van der Waals surface area contributed by atoms with Crippen molar-refractivity contribution in [3.8, 4) is 0 Å². The van der Waals surface area contributed by atoms with Crippen LogP contribution in [0.5, 0.6) is 0 Å². The van der Waals surface area contributed by atoms with Gasteiger partial charge >= 0.3 is 5.97 Å². The minimum atomic E-state index is -1.31. The highest BCUT2D eigenvalue weighted by Gasteiger charge is 2.31. The first kappa shape index (κ1) is 14.4. The first-order valence-corrected chi connectivity index (χ1v) is 6.21. The van der Waals surface area contributed by atoms with E-state index in [1.165, 1.54) is 12.1 Å². The maximum Gasteiger partial charge on any atom is 0.337 e. The van der Waals surface area contributed by atoms with Gasteiger partial charge in [-0.3, -0.25) is 4.79 Å². The van der Waals surface area contributed by atoms with Crippen LogP contribution < -0.4 is 11.1 Å². The van der Waals surface area contributed by atoms with Gasteiger partial charge in [0.2, 0.25) is 0 Å². The lowest BCUT2D eigenvalue weighted by molar-refractivity contribution is -0.126. The zero-order chi connectivity index (χ0) is 14.7. The highest BCUT2D eigenvalue weighted by atomic mass is 19.1. The van der Waals surface area contributed by atoms with Crippen LogP contribution in [0, 0.1) is 5.82 Å². The van der Waals surface area contributed by atoms with Crippen LogP contribution in [-0.2, 0) is 9.53 Å². The van der Waals surface area contributed by atoms with E-state index in [9.17, 15) is 14.0 Å². The van der Waals surface area contributed by atoms with E-state index in [2.05, 4.69) is 5.32 Å².